The number of carboxylic acid groups (broad SMARTS) is 1. The van der Waals surface area contributed by atoms with Gasteiger partial charge in [-0.05, 0) is 6.42 Å². The number of rotatable bonds is 0. The van der Waals surface area contributed by atoms with Gasteiger partial charge in [-0.2, -0.15) is 0 Å². The van der Waals surface area contributed by atoms with Crippen molar-refractivity contribution in [2.75, 3.05) is 26.2 Å². The van der Waals surface area contributed by atoms with Gasteiger partial charge in [0.15, 0.2) is 0 Å². The van der Waals surface area contributed by atoms with Gasteiger partial charge in [0.1, 0.15) is 0 Å². The van der Waals surface area contributed by atoms with Gasteiger partial charge in [-0.3, -0.25) is 4.90 Å². The van der Waals surface area contributed by atoms with Crippen LogP contribution in [0.25, 0.3) is 0 Å². The summed E-state index contributed by atoms with van der Waals surface area (Å²) in [6.45, 7) is 2.68. The molecule has 2 rings (SSSR count). The molecular formula is C8H14N2O3. The summed E-state index contributed by atoms with van der Waals surface area (Å²) >= 11 is 0. The van der Waals surface area contributed by atoms with Gasteiger partial charge < -0.3 is 15.1 Å². The first kappa shape index (κ1) is 8.77. The number of nitrogens with zero attached hydrogens (tertiary/aromatic N) is 2. The summed E-state index contributed by atoms with van der Waals surface area (Å²) in [5.74, 6) is 0. The Morgan fingerprint density at radius 1 is 1.31 bits per heavy atom. The first-order valence-electron chi connectivity index (χ1n) is 4.58. The van der Waals surface area contributed by atoms with Crippen molar-refractivity contribution in [3.63, 3.8) is 0 Å². The zero-order chi connectivity index (χ0) is 9.42. The highest BCUT2D eigenvalue weighted by Gasteiger charge is 2.38. The van der Waals surface area contributed by atoms with E-state index in [1.54, 1.807) is 0 Å². The monoisotopic (exact) mass is 186 g/mol. The number of hydrogen-bond donors (Lipinski definition) is 2. The van der Waals surface area contributed by atoms with E-state index in [-0.39, 0.29) is 12.1 Å². The molecule has 2 atom stereocenters. The third-order valence-corrected chi connectivity index (χ3v) is 2.96. The van der Waals surface area contributed by atoms with E-state index in [9.17, 15) is 9.90 Å². The highest BCUT2D eigenvalue weighted by molar-refractivity contribution is 5.65. The second-order valence-electron chi connectivity index (χ2n) is 3.69. The Kier molecular flexibility index (Phi) is 2.13. The van der Waals surface area contributed by atoms with Gasteiger partial charge in [-0.15, -0.1) is 0 Å². The number of aliphatic hydroxyl groups excluding tert-OH is 1. The molecule has 1 amide bonds. The highest BCUT2D eigenvalue weighted by Crippen LogP contribution is 2.21. The maximum atomic E-state index is 10.7. The van der Waals surface area contributed by atoms with Gasteiger partial charge in [-0.1, -0.05) is 0 Å². The van der Waals surface area contributed by atoms with Crippen LogP contribution in [-0.2, 0) is 0 Å². The fourth-order valence-electron chi connectivity index (χ4n) is 2.15. The predicted octanol–water partition coefficient (Wildman–Crippen LogP) is -0.585. The number of amides is 1. The molecule has 0 aromatic rings. The van der Waals surface area contributed by atoms with Crippen LogP contribution in [0.3, 0.4) is 0 Å². The van der Waals surface area contributed by atoms with Gasteiger partial charge in [0.05, 0.1) is 12.1 Å². The summed E-state index contributed by atoms with van der Waals surface area (Å²) in [6, 6.07) is 0.0323. The second-order valence-corrected chi connectivity index (χ2v) is 3.69. The first-order chi connectivity index (χ1) is 6.18. The number of fused-ring (bicyclic) bond motifs is 1. The van der Waals surface area contributed by atoms with Gasteiger partial charge >= 0.3 is 6.09 Å². The molecule has 0 spiro atoms. The summed E-state index contributed by atoms with van der Waals surface area (Å²) in [7, 11) is 0. The van der Waals surface area contributed by atoms with Crippen LogP contribution in [0.4, 0.5) is 4.79 Å². The Morgan fingerprint density at radius 2 is 2.08 bits per heavy atom. The highest BCUT2D eigenvalue weighted by atomic mass is 16.4. The van der Waals surface area contributed by atoms with Crippen molar-refractivity contribution in [2.45, 2.75) is 18.6 Å². The standard InChI is InChI=1S/C8H14N2O3/c11-7-1-2-9-3-4-10(8(12)13)5-6(7)9/h6-7,11H,1-5H2,(H,12,13). The minimum Gasteiger partial charge on any atom is -0.465 e. The van der Waals surface area contributed by atoms with Crippen LogP contribution in [0, 0.1) is 0 Å². The molecule has 0 aliphatic carbocycles. The Morgan fingerprint density at radius 3 is 2.77 bits per heavy atom. The molecule has 0 aromatic carbocycles. The van der Waals surface area contributed by atoms with Crippen LogP contribution in [0.1, 0.15) is 6.42 Å². The van der Waals surface area contributed by atoms with E-state index in [1.807, 2.05) is 0 Å². The lowest BCUT2D eigenvalue weighted by Crippen LogP contribution is -2.54. The predicted molar refractivity (Wildman–Crippen MR) is 45.6 cm³/mol. The number of hydrogen-bond acceptors (Lipinski definition) is 3. The third-order valence-electron chi connectivity index (χ3n) is 2.96. The lowest BCUT2D eigenvalue weighted by molar-refractivity contribution is 0.0467. The van der Waals surface area contributed by atoms with Gasteiger partial charge in [0, 0.05) is 26.2 Å². The molecular weight excluding hydrogens is 172 g/mol. The molecule has 2 fully saturated rings. The molecule has 0 aromatic heterocycles. The molecule has 2 heterocycles. The Bertz CT molecular complexity index is 221. The van der Waals surface area contributed by atoms with E-state index in [0.29, 0.717) is 13.1 Å². The van der Waals surface area contributed by atoms with Crippen molar-refractivity contribution >= 4 is 6.09 Å². The van der Waals surface area contributed by atoms with Gasteiger partial charge in [0.25, 0.3) is 0 Å². The van der Waals surface area contributed by atoms with Crippen molar-refractivity contribution in [1.29, 1.82) is 0 Å². The van der Waals surface area contributed by atoms with E-state index < -0.39 is 6.09 Å². The van der Waals surface area contributed by atoms with Crippen LogP contribution in [0.2, 0.25) is 0 Å². The Balaban J connectivity index is 2.01. The fourth-order valence-corrected chi connectivity index (χ4v) is 2.15. The normalized spacial score (nSPS) is 34.7. The summed E-state index contributed by atoms with van der Waals surface area (Å²) in [4.78, 5) is 14.2. The molecule has 0 saturated carbocycles. The van der Waals surface area contributed by atoms with Crippen molar-refractivity contribution < 1.29 is 15.0 Å². The zero-order valence-corrected chi connectivity index (χ0v) is 7.39. The average Bonchev–Trinajstić information content (AvgIpc) is 2.47. The topological polar surface area (TPSA) is 64.0 Å². The maximum Gasteiger partial charge on any atom is 0.407 e. The number of aliphatic hydroxyl groups is 1. The average molecular weight is 186 g/mol. The Labute approximate surface area is 76.6 Å². The molecule has 0 radical (unpaired) electrons. The molecule has 2 aliphatic rings. The van der Waals surface area contributed by atoms with Crippen molar-refractivity contribution in [3.05, 3.63) is 0 Å². The summed E-state index contributed by atoms with van der Waals surface area (Å²) in [5, 5.41) is 18.3. The molecule has 5 nitrogen and oxygen atoms in total. The van der Waals surface area contributed by atoms with Crippen molar-refractivity contribution in [3.8, 4) is 0 Å². The van der Waals surface area contributed by atoms with Crippen molar-refractivity contribution in [1.82, 2.24) is 9.80 Å². The lowest BCUT2D eigenvalue weighted by atomic mass is 10.1. The van der Waals surface area contributed by atoms with Crippen LogP contribution in [0.5, 0.6) is 0 Å². The zero-order valence-electron chi connectivity index (χ0n) is 7.39. The van der Waals surface area contributed by atoms with Crippen LogP contribution in [0.15, 0.2) is 0 Å². The summed E-state index contributed by atoms with van der Waals surface area (Å²) < 4.78 is 0. The second kappa shape index (κ2) is 3.16. The SMILES string of the molecule is O=C(O)N1CCN2CCC(O)C2C1. The van der Waals surface area contributed by atoms with Crippen LogP contribution >= 0.6 is 0 Å². The molecule has 2 unspecified atom stereocenters. The van der Waals surface area contributed by atoms with Crippen molar-refractivity contribution in [2.24, 2.45) is 0 Å². The molecule has 13 heavy (non-hydrogen) atoms. The van der Waals surface area contributed by atoms with E-state index in [2.05, 4.69) is 4.90 Å². The lowest BCUT2D eigenvalue weighted by Gasteiger charge is -2.36. The van der Waals surface area contributed by atoms with E-state index in [1.165, 1.54) is 4.90 Å². The molecule has 2 N–H and O–H groups in total. The Hall–Kier alpha value is -0.810. The molecule has 2 aliphatic heterocycles. The van der Waals surface area contributed by atoms with E-state index in [0.717, 1.165) is 19.5 Å². The summed E-state index contributed by atoms with van der Waals surface area (Å²) in [6.07, 6.45) is -0.445. The maximum absolute atomic E-state index is 10.7. The smallest absolute Gasteiger partial charge is 0.407 e. The fraction of sp³-hybridized carbons (Fsp3) is 0.875. The van der Waals surface area contributed by atoms with E-state index in [4.69, 9.17) is 5.11 Å². The number of carbonyl (C=O) groups is 1. The first-order valence-corrected chi connectivity index (χ1v) is 4.58. The van der Waals surface area contributed by atoms with E-state index >= 15 is 0 Å². The minimum atomic E-state index is -0.876. The molecule has 0 bridgehead atoms. The molecule has 2 saturated heterocycles. The van der Waals surface area contributed by atoms with Gasteiger partial charge in [-0.25, -0.2) is 4.79 Å². The summed E-state index contributed by atoms with van der Waals surface area (Å²) in [5.41, 5.74) is 0. The molecule has 74 valence electrons. The van der Waals surface area contributed by atoms with Crippen LogP contribution < -0.4 is 0 Å². The van der Waals surface area contributed by atoms with Crippen LogP contribution in [-0.4, -0.2) is 64.4 Å². The minimum absolute atomic E-state index is 0.0323. The molecule has 5 heteroatoms. The number of piperazine rings is 1. The largest absolute Gasteiger partial charge is 0.465 e. The quantitative estimate of drug-likeness (QED) is 0.531. The van der Waals surface area contributed by atoms with Gasteiger partial charge in [0.2, 0.25) is 0 Å². The third kappa shape index (κ3) is 1.49.